The topological polar surface area (TPSA) is 32.3 Å². The lowest BCUT2D eigenvalue weighted by molar-refractivity contribution is 0.441. The van der Waals surface area contributed by atoms with E-state index in [1.807, 2.05) is 18.2 Å². The summed E-state index contributed by atoms with van der Waals surface area (Å²) in [7, 11) is 0. The summed E-state index contributed by atoms with van der Waals surface area (Å²) in [5.74, 6) is 0.380. The van der Waals surface area contributed by atoms with Crippen molar-refractivity contribution in [1.82, 2.24) is 0 Å². The largest absolute Gasteiger partial charge is 0.507 e. The molecule has 0 aromatic heterocycles. The smallest absolute Gasteiger partial charge is 0.124 e. The Morgan fingerprint density at radius 1 is 0.667 bits per heavy atom. The van der Waals surface area contributed by atoms with Crippen LogP contribution in [0.25, 0.3) is 32.7 Å². The highest BCUT2D eigenvalue weighted by atomic mass is 16.3. The number of para-hydroxylation sites is 1. The maximum atomic E-state index is 11.0. The molecule has 0 spiro atoms. The standard InChI is InChI=1S/C31H29NO/c1-31(2,3)27-17-9-13-23(30(27)33)20-32-28-19-18-22-11-5-7-15-25(22)29(28)26-16-8-12-21-10-4-6-14-24(21)26/h4-19,32-33H,20H2,1-3H3. The SMILES string of the molecule is CC(C)(C)c1cccc(CNc2ccc3ccccc3c2-c2cccc3ccccc23)c1O. The lowest BCUT2D eigenvalue weighted by atomic mass is 9.85. The van der Waals surface area contributed by atoms with Gasteiger partial charge in [0, 0.05) is 23.4 Å². The molecular weight excluding hydrogens is 402 g/mol. The average Bonchev–Trinajstić information content (AvgIpc) is 2.82. The maximum Gasteiger partial charge on any atom is 0.124 e. The van der Waals surface area contributed by atoms with Crippen molar-refractivity contribution in [3.8, 4) is 16.9 Å². The molecule has 164 valence electrons. The van der Waals surface area contributed by atoms with E-state index in [1.165, 1.54) is 32.7 Å². The third kappa shape index (κ3) is 3.93. The molecule has 2 N–H and O–H groups in total. The Morgan fingerprint density at radius 3 is 2.06 bits per heavy atom. The molecule has 0 fully saturated rings. The van der Waals surface area contributed by atoms with Crippen LogP contribution in [0.4, 0.5) is 5.69 Å². The Bertz CT molecular complexity index is 1450. The number of phenolic OH excluding ortho intramolecular Hbond substituents is 1. The van der Waals surface area contributed by atoms with E-state index >= 15 is 0 Å². The molecule has 0 aliphatic heterocycles. The molecule has 0 atom stereocenters. The molecule has 0 saturated heterocycles. The number of hydrogen-bond donors (Lipinski definition) is 2. The minimum absolute atomic E-state index is 0.114. The molecule has 0 aliphatic rings. The van der Waals surface area contributed by atoms with Crippen molar-refractivity contribution in [3.63, 3.8) is 0 Å². The van der Waals surface area contributed by atoms with Gasteiger partial charge in [-0.1, -0.05) is 112 Å². The number of benzene rings is 5. The first-order chi connectivity index (χ1) is 15.9. The Balaban J connectivity index is 1.64. The lowest BCUT2D eigenvalue weighted by Gasteiger charge is -2.22. The number of aromatic hydroxyl groups is 1. The van der Waals surface area contributed by atoms with Gasteiger partial charge in [-0.05, 0) is 44.2 Å². The molecule has 0 bridgehead atoms. The van der Waals surface area contributed by atoms with Crippen molar-refractivity contribution in [1.29, 1.82) is 0 Å². The molecule has 0 aliphatic carbocycles. The van der Waals surface area contributed by atoms with E-state index in [0.717, 1.165) is 16.8 Å². The van der Waals surface area contributed by atoms with Crippen LogP contribution in [-0.2, 0) is 12.0 Å². The molecule has 0 radical (unpaired) electrons. The first kappa shape index (κ1) is 21.1. The normalized spacial score (nSPS) is 11.7. The van der Waals surface area contributed by atoms with Gasteiger partial charge in [0.25, 0.3) is 0 Å². The molecule has 0 heterocycles. The van der Waals surface area contributed by atoms with Crippen molar-refractivity contribution < 1.29 is 5.11 Å². The number of fused-ring (bicyclic) bond motifs is 2. The van der Waals surface area contributed by atoms with Crippen molar-refractivity contribution >= 4 is 27.2 Å². The van der Waals surface area contributed by atoms with Gasteiger partial charge < -0.3 is 10.4 Å². The predicted octanol–water partition coefficient (Wildman–Crippen LogP) is 8.28. The number of hydrogen-bond acceptors (Lipinski definition) is 2. The fourth-order valence-electron chi connectivity index (χ4n) is 4.68. The van der Waals surface area contributed by atoms with Gasteiger partial charge in [-0.15, -0.1) is 0 Å². The third-order valence-corrected chi connectivity index (χ3v) is 6.38. The summed E-state index contributed by atoms with van der Waals surface area (Å²) in [6.45, 7) is 6.93. The zero-order chi connectivity index (χ0) is 23.0. The van der Waals surface area contributed by atoms with Crippen LogP contribution in [-0.4, -0.2) is 5.11 Å². The second-order valence-corrected chi connectivity index (χ2v) is 9.65. The van der Waals surface area contributed by atoms with E-state index in [1.54, 1.807) is 0 Å². The van der Waals surface area contributed by atoms with E-state index in [2.05, 4.69) is 105 Å². The summed E-state index contributed by atoms with van der Waals surface area (Å²) in [6, 6.07) is 33.9. The highest BCUT2D eigenvalue weighted by molar-refractivity contribution is 6.09. The van der Waals surface area contributed by atoms with Gasteiger partial charge in [0.2, 0.25) is 0 Å². The van der Waals surface area contributed by atoms with Gasteiger partial charge in [0.15, 0.2) is 0 Å². The molecular formula is C31H29NO. The van der Waals surface area contributed by atoms with Crippen LogP contribution < -0.4 is 5.32 Å². The lowest BCUT2D eigenvalue weighted by Crippen LogP contribution is -2.12. The fourth-order valence-corrected chi connectivity index (χ4v) is 4.68. The number of anilines is 1. The van der Waals surface area contributed by atoms with E-state index < -0.39 is 0 Å². The van der Waals surface area contributed by atoms with Crippen LogP contribution in [0.5, 0.6) is 5.75 Å². The average molecular weight is 432 g/mol. The molecule has 0 unspecified atom stereocenters. The first-order valence-corrected chi connectivity index (χ1v) is 11.5. The first-order valence-electron chi connectivity index (χ1n) is 11.5. The summed E-state index contributed by atoms with van der Waals surface area (Å²) in [6.07, 6.45) is 0. The van der Waals surface area contributed by atoms with Crippen molar-refractivity contribution in [2.24, 2.45) is 0 Å². The van der Waals surface area contributed by atoms with Crippen LogP contribution >= 0.6 is 0 Å². The van der Waals surface area contributed by atoms with Crippen molar-refractivity contribution in [3.05, 3.63) is 108 Å². The highest BCUT2D eigenvalue weighted by Gasteiger charge is 2.20. The van der Waals surface area contributed by atoms with Gasteiger partial charge in [0.1, 0.15) is 5.75 Å². The Morgan fingerprint density at radius 2 is 1.30 bits per heavy atom. The van der Waals surface area contributed by atoms with E-state index in [0.29, 0.717) is 12.3 Å². The van der Waals surface area contributed by atoms with E-state index in [-0.39, 0.29) is 5.41 Å². The van der Waals surface area contributed by atoms with Gasteiger partial charge in [-0.2, -0.15) is 0 Å². The number of nitrogens with one attached hydrogen (secondary N) is 1. The van der Waals surface area contributed by atoms with Gasteiger partial charge in [-0.3, -0.25) is 0 Å². The molecule has 5 rings (SSSR count). The molecule has 5 aromatic carbocycles. The zero-order valence-corrected chi connectivity index (χ0v) is 19.4. The molecule has 33 heavy (non-hydrogen) atoms. The summed E-state index contributed by atoms with van der Waals surface area (Å²) >= 11 is 0. The predicted molar refractivity (Wildman–Crippen MR) is 141 cm³/mol. The number of rotatable bonds is 4. The second kappa shape index (κ2) is 8.29. The van der Waals surface area contributed by atoms with Crippen molar-refractivity contribution in [2.45, 2.75) is 32.7 Å². The molecule has 0 amide bonds. The van der Waals surface area contributed by atoms with Crippen LogP contribution in [0.3, 0.4) is 0 Å². The minimum Gasteiger partial charge on any atom is -0.507 e. The summed E-state index contributed by atoms with van der Waals surface area (Å²) < 4.78 is 0. The summed E-state index contributed by atoms with van der Waals surface area (Å²) in [5.41, 5.74) is 5.22. The molecule has 5 aromatic rings. The minimum atomic E-state index is -0.114. The Hall–Kier alpha value is -3.78. The fraction of sp³-hybridized carbons (Fsp3) is 0.161. The van der Waals surface area contributed by atoms with Gasteiger partial charge in [-0.25, -0.2) is 0 Å². The Labute approximate surface area is 195 Å². The van der Waals surface area contributed by atoms with Gasteiger partial charge in [0.05, 0.1) is 0 Å². The Kier molecular flexibility index (Phi) is 5.30. The third-order valence-electron chi connectivity index (χ3n) is 6.38. The number of phenols is 1. The van der Waals surface area contributed by atoms with Gasteiger partial charge >= 0.3 is 0 Å². The van der Waals surface area contributed by atoms with Crippen molar-refractivity contribution in [2.75, 3.05) is 5.32 Å². The summed E-state index contributed by atoms with van der Waals surface area (Å²) in [4.78, 5) is 0. The molecule has 2 nitrogen and oxygen atoms in total. The quantitative estimate of drug-likeness (QED) is 0.300. The maximum absolute atomic E-state index is 11.0. The van der Waals surface area contributed by atoms with Crippen LogP contribution in [0.2, 0.25) is 0 Å². The van der Waals surface area contributed by atoms with E-state index in [9.17, 15) is 5.11 Å². The summed E-state index contributed by atoms with van der Waals surface area (Å²) in [5, 5.41) is 19.5. The monoisotopic (exact) mass is 431 g/mol. The molecule has 0 saturated carbocycles. The molecule has 2 heteroatoms. The van der Waals surface area contributed by atoms with Crippen LogP contribution in [0, 0.1) is 0 Å². The second-order valence-electron chi connectivity index (χ2n) is 9.65. The van der Waals surface area contributed by atoms with E-state index in [4.69, 9.17) is 0 Å². The van der Waals surface area contributed by atoms with Crippen LogP contribution in [0.15, 0.2) is 97.1 Å². The highest BCUT2D eigenvalue weighted by Crippen LogP contribution is 2.40. The van der Waals surface area contributed by atoms with Crippen LogP contribution in [0.1, 0.15) is 31.9 Å². The zero-order valence-electron chi connectivity index (χ0n) is 19.4.